The molecule has 3 aromatic rings. The molecule has 5 nitrogen and oxygen atoms in total. The number of aryl methyl sites for hydroxylation is 2. The lowest BCUT2D eigenvalue weighted by Crippen LogP contribution is -2.25. The fraction of sp³-hybridized carbons (Fsp3) is 0.263. The molecule has 2 heterocycles. The Morgan fingerprint density at radius 3 is 2.67 bits per heavy atom. The van der Waals surface area contributed by atoms with Gasteiger partial charge in [0.05, 0.1) is 24.9 Å². The van der Waals surface area contributed by atoms with Gasteiger partial charge in [-0.1, -0.05) is 18.2 Å². The van der Waals surface area contributed by atoms with Crippen molar-refractivity contribution in [3.63, 3.8) is 0 Å². The third kappa shape index (κ3) is 3.25. The maximum atomic E-state index is 12.3. The lowest BCUT2D eigenvalue weighted by atomic mass is 10.2. The molecule has 0 radical (unpaired) electrons. The van der Waals surface area contributed by atoms with Gasteiger partial charge in [-0.2, -0.15) is 0 Å². The number of hydrogen-bond donors (Lipinski definition) is 1. The molecule has 0 aliphatic rings. The Kier molecular flexibility index (Phi) is 4.51. The normalized spacial score (nSPS) is 10.8. The Morgan fingerprint density at radius 2 is 1.96 bits per heavy atom. The number of imidazole rings is 1. The van der Waals surface area contributed by atoms with E-state index in [9.17, 15) is 4.79 Å². The van der Waals surface area contributed by atoms with Crippen molar-refractivity contribution in [2.45, 2.75) is 26.8 Å². The zero-order valence-electron chi connectivity index (χ0n) is 14.2. The first-order valence-corrected chi connectivity index (χ1v) is 7.91. The number of ether oxygens (including phenoxy) is 1. The second-order valence-electron chi connectivity index (χ2n) is 5.83. The first-order valence-electron chi connectivity index (χ1n) is 7.91. The highest BCUT2D eigenvalue weighted by atomic mass is 16.5. The largest absolute Gasteiger partial charge is 0.497 e. The number of pyridine rings is 1. The zero-order valence-corrected chi connectivity index (χ0v) is 14.2. The summed E-state index contributed by atoms with van der Waals surface area (Å²) in [5, 5.41) is 2.96. The van der Waals surface area contributed by atoms with Gasteiger partial charge < -0.3 is 14.5 Å². The molecule has 1 aromatic carbocycles. The van der Waals surface area contributed by atoms with Crippen molar-refractivity contribution in [3.05, 3.63) is 65.1 Å². The van der Waals surface area contributed by atoms with E-state index in [0.717, 1.165) is 33.9 Å². The fourth-order valence-electron chi connectivity index (χ4n) is 2.74. The molecule has 0 bridgehead atoms. The summed E-state index contributed by atoms with van der Waals surface area (Å²) in [7, 11) is 1.64. The van der Waals surface area contributed by atoms with Crippen LogP contribution in [0, 0.1) is 13.8 Å². The van der Waals surface area contributed by atoms with Gasteiger partial charge in [0, 0.05) is 12.7 Å². The number of fused-ring (bicyclic) bond motifs is 1. The molecule has 5 heteroatoms. The highest BCUT2D eigenvalue weighted by molar-refractivity contribution is 5.78. The number of nitrogens with one attached hydrogen (secondary N) is 1. The van der Waals surface area contributed by atoms with E-state index in [2.05, 4.69) is 10.3 Å². The van der Waals surface area contributed by atoms with E-state index < -0.39 is 0 Å². The topological polar surface area (TPSA) is 55.6 Å². The minimum Gasteiger partial charge on any atom is -0.497 e. The van der Waals surface area contributed by atoms with Gasteiger partial charge in [-0.15, -0.1) is 0 Å². The van der Waals surface area contributed by atoms with Crippen LogP contribution in [0.5, 0.6) is 5.75 Å². The monoisotopic (exact) mass is 323 g/mol. The van der Waals surface area contributed by atoms with Crippen LogP contribution in [-0.4, -0.2) is 22.4 Å². The molecule has 0 unspecified atom stereocenters. The lowest BCUT2D eigenvalue weighted by Gasteiger charge is -2.07. The molecule has 0 spiro atoms. The molecular weight excluding hydrogens is 302 g/mol. The Hall–Kier alpha value is -2.82. The molecule has 0 aliphatic carbocycles. The third-order valence-corrected chi connectivity index (χ3v) is 4.12. The van der Waals surface area contributed by atoms with Gasteiger partial charge >= 0.3 is 0 Å². The molecule has 3 rings (SSSR count). The van der Waals surface area contributed by atoms with Crippen molar-refractivity contribution in [1.82, 2.24) is 14.7 Å². The van der Waals surface area contributed by atoms with Gasteiger partial charge in [-0.05, 0) is 43.2 Å². The molecule has 124 valence electrons. The number of amides is 1. The van der Waals surface area contributed by atoms with Gasteiger partial charge in [0.25, 0.3) is 0 Å². The number of benzene rings is 1. The summed E-state index contributed by atoms with van der Waals surface area (Å²) in [5.74, 6) is 0.791. The van der Waals surface area contributed by atoms with Gasteiger partial charge in [0.15, 0.2) is 0 Å². The first-order chi connectivity index (χ1) is 11.6. The van der Waals surface area contributed by atoms with Crippen LogP contribution in [0.15, 0.2) is 42.6 Å². The molecule has 0 saturated heterocycles. The number of rotatable bonds is 5. The smallest absolute Gasteiger partial charge is 0.226 e. The second-order valence-corrected chi connectivity index (χ2v) is 5.83. The molecular formula is C19H21N3O2. The number of nitrogens with zero attached hydrogens (tertiary/aromatic N) is 2. The molecule has 2 aromatic heterocycles. The van der Waals surface area contributed by atoms with E-state index >= 15 is 0 Å². The van der Waals surface area contributed by atoms with Crippen LogP contribution in [0.1, 0.15) is 22.5 Å². The summed E-state index contributed by atoms with van der Waals surface area (Å²) in [6, 6.07) is 11.7. The van der Waals surface area contributed by atoms with Gasteiger partial charge in [0.1, 0.15) is 11.4 Å². The van der Waals surface area contributed by atoms with Gasteiger partial charge in [0.2, 0.25) is 5.91 Å². The van der Waals surface area contributed by atoms with Crippen molar-refractivity contribution in [3.8, 4) is 5.75 Å². The van der Waals surface area contributed by atoms with Crippen LogP contribution in [-0.2, 0) is 17.8 Å². The van der Waals surface area contributed by atoms with Gasteiger partial charge in [-0.25, -0.2) is 4.98 Å². The van der Waals surface area contributed by atoms with Crippen LogP contribution in [0.2, 0.25) is 0 Å². The van der Waals surface area contributed by atoms with E-state index in [1.165, 1.54) is 0 Å². The quantitative estimate of drug-likeness (QED) is 0.785. The minimum atomic E-state index is -0.0165. The SMILES string of the molecule is COc1ccc(CNC(=O)Cc2c(C)nc3c(C)cccn23)cc1. The first kappa shape index (κ1) is 16.1. The van der Waals surface area contributed by atoms with E-state index in [1.807, 2.05) is 60.8 Å². The number of carbonyl (C=O) groups excluding carboxylic acids is 1. The van der Waals surface area contributed by atoms with Crippen molar-refractivity contribution >= 4 is 11.6 Å². The predicted octanol–water partition coefficient (Wildman–Crippen LogP) is 2.82. The summed E-state index contributed by atoms with van der Waals surface area (Å²) in [5.41, 5.74) is 4.87. The van der Waals surface area contributed by atoms with Crippen molar-refractivity contribution < 1.29 is 9.53 Å². The Labute approximate surface area is 141 Å². The molecule has 24 heavy (non-hydrogen) atoms. The molecule has 1 N–H and O–H groups in total. The summed E-state index contributed by atoms with van der Waals surface area (Å²) in [4.78, 5) is 16.9. The lowest BCUT2D eigenvalue weighted by molar-refractivity contribution is -0.120. The maximum absolute atomic E-state index is 12.3. The summed E-state index contributed by atoms with van der Waals surface area (Å²) in [6.45, 7) is 4.46. The third-order valence-electron chi connectivity index (χ3n) is 4.12. The van der Waals surface area contributed by atoms with E-state index in [-0.39, 0.29) is 5.91 Å². The van der Waals surface area contributed by atoms with E-state index in [1.54, 1.807) is 7.11 Å². The fourth-order valence-corrected chi connectivity index (χ4v) is 2.74. The number of carbonyl (C=O) groups is 1. The highest BCUT2D eigenvalue weighted by Gasteiger charge is 2.13. The maximum Gasteiger partial charge on any atom is 0.226 e. The molecule has 0 atom stereocenters. The molecule has 0 aliphatic heterocycles. The van der Waals surface area contributed by atoms with Crippen LogP contribution < -0.4 is 10.1 Å². The van der Waals surface area contributed by atoms with Crippen LogP contribution in [0.25, 0.3) is 5.65 Å². The summed E-state index contributed by atoms with van der Waals surface area (Å²) in [6.07, 6.45) is 2.26. The van der Waals surface area contributed by atoms with Crippen molar-refractivity contribution in [2.75, 3.05) is 7.11 Å². The standard InChI is InChI=1S/C19H21N3O2/c1-13-5-4-10-22-17(14(2)21-19(13)22)11-18(23)20-12-15-6-8-16(24-3)9-7-15/h4-10H,11-12H2,1-3H3,(H,20,23). The number of methoxy groups -OCH3 is 1. The van der Waals surface area contributed by atoms with Crippen LogP contribution in [0.3, 0.4) is 0 Å². The molecule has 1 amide bonds. The number of hydrogen-bond acceptors (Lipinski definition) is 3. The van der Waals surface area contributed by atoms with E-state index in [4.69, 9.17) is 4.74 Å². The average molecular weight is 323 g/mol. The zero-order chi connectivity index (χ0) is 17.1. The summed E-state index contributed by atoms with van der Waals surface area (Å²) < 4.78 is 7.13. The highest BCUT2D eigenvalue weighted by Crippen LogP contribution is 2.16. The van der Waals surface area contributed by atoms with Gasteiger partial charge in [-0.3, -0.25) is 4.79 Å². The van der Waals surface area contributed by atoms with Crippen LogP contribution >= 0.6 is 0 Å². The Balaban J connectivity index is 1.68. The van der Waals surface area contributed by atoms with Crippen molar-refractivity contribution in [1.29, 1.82) is 0 Å². The van der Waals surface area contributed by atoms with E-state index in [0.29, 0.717) is 13.0 Å². The molecule has 0 saturated carbocycles. The average Bonchev–Trinajstić information content (AvgIpc) is 2.91. The van der Waals surface area contributed by atoms with Crippen LogP contribution in [0.4, 0.5) is 0 Å². The second kappa shape index (κ2) is 6.74. The number of aromatic nitrogens is 2. The minimum absolute atomic E-state index is 0.0165. The Bertz CT molecular complexity index is 866. The predicted molar refractivity (Wildman–Crippen MR) is 93.2 cm³/mol. The van der Waals surface area contributed by atoms with Crippen molar-refractivity contribution in [2.24, 2.45) is 0 Å². The summed E-state index contributed by atoms with van der Waals surface area (Å²) >= 11 is 0. The Morgan fingerprint density at radius 1 is 1.21 bits per heavy atom. The molecule has 0 fully saturated rings.